The predicted octanol–water partition coefficient (Wildman–Crippen LogP) is 1.95. The van der Waals surface area contributed by atoms with Gasteiger partial charge in [-0.25, -0.2) is 0 Å². The summed E-state index contributed by atoms with van der Waals surface area (Å²) in [6.45, 7) is 1.90. The van der Waals surface area contributed by atoms with Gasteiger partial charge in [0.1, 0.15) is 11.8 Å². The van der Waals surface area contributed by atoms with Gasteiger partial charge in [-0.15, -0.1) is 0 Å². The molecule has 0 bridgehead atoms. The molecule has 0 amide bonds. The maximum absolute atomic E-state index is 8.66. The summed E-state index contributed by atoms with van der Waals surface area (Å²) in [7, 11) is 0. The van der Waals surface area contributed by atoms with Gasteiger partial charge < -0.3 is 10.5 Å². The van der Waals surface area contributed by atoms with Gasteiger partial charge >= 0.3 is 0 Å². The highest BCUT2D eigenvalue weighted by Crippen LogP contribution is 2.21. The normalized spacial score (nSPS) is 11.7. The van der Waals surface area contributed by atoms with E-state index in [0.29, 0.717) is 17.9 Å². The van der Waals surface area contributed by atoms with Crippen molar-refractivity contribution in [2.24, 2.45) is 0 Å². The molecule has 1 rings (SSSR count). The van der Waals surface area contributed by atoms with Gasteiger partial charge in [-0.2, -0.15) is 5.26 Å². The number of hydrogen-bond acceptors (Lipinski definition) is 3. The molecule has 0 aromatic heterocycles. The van der Waals surface area contributed by atoms with Gasteiger partial charge in [-0.05, 0) is 18.6 Å². The maximum Gasteiger partial charge on any atom is 0.184 e. The number of ether oxygens (including phenoxy) is 1. The quantitative estimate of drug-likeness (QED) is 0.716. The molecule has 0 aliphatic heterocycles. The molecule has 0 saturated carbocycles. The Kier molecular flexibility index (Phi) is 3.15. The smallest absolute Gasteiger partial charge is 0.184 e. The second-order valence-electron chi connectivity index (χ2n) is 2.68. The lowest BCUT2D eigenvalue weighted by molar-refractivity contribution is 0.253. The summed E-state index contributed by atoms with van der Waals surface area (Å²) >= 11 is 0. The van der Waals surface area contributed by atoms with E-state index in [1.54, 1.807) is 12.1 Å². The van der Waals surface area contributed by atoms with Gasteiger partial charge in [0.15, 0.2) is 6.10 Å². The number of rotatable bonds is 3. The lowest BCUT2D eigenvalue weighted by Gasteiger charge is -2.11. The minimum Gasteiger partial charge on any atom is -0.473 e. The second-order valence-corrected chi connectivity index (χ2v) is 2.68. The fourth-order valence-corrected chi connectivity index (χ4v) is 0.942. The largest absolute Gasteiger partial charge is 0.473 e. The highest BCUT2D eigenvalue weighted by Gasteiger charge is 2.07. The zero-order valence-electron chi connectivity index (χ0n) is 7.53. The van der Waals surface area contributed by atoms with E-state index in [9.17, 15) is 0 Å². The van der Waals surface area contributed by atoms with Crippen LogP contribution in [0.3, 0.4) is 0 Å². The van der Waals surface area contributed by atoms with Crippen LogP contribution in [0.2, 0.25) is 0 Å². The van der Waals surface area contributed by atoms with Gasteiger partial charge in [-0.1, -0.05) is 19.1 Å². The first-order valence-corrected chi connectivity index (χ1v) is 4.18. The number of nitrogens with two attached hydrogens (primary N) is 1. The minimum absolute atomic E-state index is 0.412. The molecule has 0 aliphatic carbocycles. The molecule has 0 spiro atoms. The molecule has 3 heteroatoms. The first kappa shape index (κ1) is 9.40. The first-order valence-electron chi connectivity index (χ1n) is 4.18. The summed E-state index contributed by atoms with van der Waals surface area (Å²) < 4.78 is 5.36. The molecular weight excluding hydrogens is 164 g/mol. The summed E-state index contributed by atoms with van der Waals surface area (Å²) in [5.41, 5.74) is 6.21. The minimum atomic E-state index is -0.412. The highest BCUT2D eigenvalue weighted by molar-refractivity contribution is 5.52. The second kappa shape index (κ2) is 4.36. The van der Waals surface area contributed by atoms with E-state index in [-0.39, 0.29) is 0 Å². The van der Waals surface area contributed by atoms with Crippen molar-refractivity contribution in [2.75, 3.05) is 5.73 Å². The van der Waals surface area contributed by atoms with E-state index in [4.69, 9.17) is 15.7 Å². The first-order chi connectivity index (χ1) is 6.27. The molecular formula is C10H12N2O. The van der Waals surface area contributed by atoms with E-state index >= 15 is 0 Å². The lowest BCUT2D eigenvalue weighted by atomic mass is 10.2. The molecule has 0 aliphatic rings. The topological polar surface area (TPSA) is 59.0 Å². The molecule has 0 fully saturated rings. The van der Waals surface area contributed by atoms with Crippen LogP contribution in [-0.2, 0) is 0 Å². The van der Waals surface area contributed by atoms with Crippen LogP contribution < -0.4 is 10.5 Å². The SMILES string of the molecule is CCC(C#N)Oc1ccccc1N. The molecule has 3 nitrogen and oxygen atoms in total. The molecule has 1 unspecified atom stereocenters. The molecule has 13 heavy (non-hydrogen) atoms. The van der Waals surface area contributed by atoms with Crippen LogP contribution in [0.25, 0.3) is 0 Å². The summed E-state index contributed by atoms with van der Waals surface area (Å²) in [6.07, 6.45) is 0.245. The number of hydrogen-bond donors (Lipinski definition) is 1. The average molecular weight is 176 g/mol. The maximum atomic E-state index is 8.66. The highest BCUT2D eigenvalue weighted by atomic mass is 16.5. The molecule has 1 atom stereocenters. The van der Waals surface area contributed by atoms with Gasteiger partial charge in [-0.3, -0.25) is 0 Å². The zero-order chi connectivity index (χ0) is 9.68. The molecule has 2 N–H and O–H groups in total. The fourth-order valence-electron chi connectivity index (χ4n) is 0.942. The standard InChI is InChI=1S/C10H12N2O/c1-2-8(7-11)13-10-6-4-3-5-9(10)12/h3-6,8H,2,12H2,1H3. The third-order valence-electron chi connectivity index (χ3n) is 1.70. The third kappa shape index (κ3) is 2.38. The Morgan fingerprint density at radius 2 is 2.23 bits per heavy atom. The molecule has 1 aromatic rings. The van der Waals surface area contributed by atoms with Crippen molar-refractivity contribution in [3.63, 3.8) is 0 Å². The summed E-state index contributed by atoms with van der Waals surface area (Å²) in [5, 5.41) is 8.66. The van der Waals surface area contributed by atoms with Crippen LogP contribution in [0.15, 0.2) is 24.3 Å². The molecule has 68 valence electrons. The fraction of sp³-hybridized carbons (Fsp3) is 0.300. The number of para-hydroxylation sites is 2. The van der Waals surface area contributed by atoms with Crippen LogP contribution in [0, 0.1) is 11.3 Å². The Balaban J connectivity index is 2.74. The van der Waals surface area contributed by atoms with Crippen LogP contribution in [0.5, 0.6) is 5.75 Å². The van der Waals surface area contributed by atoms with Crippen LogP contribution in [0.1, 0.15) is 13.3 Å². The summed E-state index contributed by atoms with van der Waals surface area (Å²) in [5.74, 6) is 0.580. The molecule has 1 aromatic carbocycles. The predicted molar refractivity (Wildman–Crippen MR) is 51.2 cm³/mol. The van der Waals surface area contributed by atoms with Crippen molar-refractivity contribution in [1.29, 1.82) is 5.26 Å². The average Bonchev–Trinajstić information content (AvgIpc) is 2.17. The van der Waals surface area contributed by atoms with Crippen LogP contribution in [0.4, 0.5) is 5.69 Å². The van der Waals surface area contributed by atoms with Crippen LogP contribution in [-0.4, -0.2) is 6.10 Å². The van der Waals surface area contributed by atoms with Crippen molar-refractivity contribution >= 4 is 5.69 Å². The third-order valence-corrected chi connectivity index (χ3v) is 1.70. The summed E-state index contributed by atoms with van der Waals surface area (Å²) in [6, 6.07) is 9.22. The number of nitriles is 1. The van der Waals surface area contributed by atoms with Crippen LogP contribution >= 0.6 is 0 Å². The Labute approximate surface area is 77.7 Å². The number of benzene rings is 1. The molecule has 0 heterocycles. The summed E-state index contributed by atoms with van der Waals surface area (Å²) in [4.78, 5) is 0. The molecule has 0 radical (unpaired) electrons. The van der Waals surface area contributed by atoms with Crippen molar-refractivity contribution in [3.05, 3.63) is 24.3 Å². The Morgan fingerprint density at radius 1 is 1.54 bits per heavy atom. The van der Waals surface area contributed by atoms with Gasteiger partial charge in [0, 0.05) is 0 Å². The van der Waals surface area contributed by atoms with Crippen molar-refractivity contribution in [1.82, 2.24) is 0 Å². The Morgan fingerprint density at radius 3 is 2.77 bits per heavy atom. The van der Waals surface area contributed by atoms with Crippen molar-refractivity contribution < 1.29 is 4.74 Å². The Hall–Kier alpha value is -1.69. The number of anilines is 1. The van der Waals surface area contributed by atoms with Gasteiger partial charge in [0.2, 0.25) is 0 Å². The van der Waals surface area contributed by atoms with E-state index in [1.165, 1.54) is 0 Å². The lowest BCUT2D eigenvalue weighted by Crippen LogP contribution is -2.13. The van der Waals surface area contributed by atoms with E-state index in [1.807, 2.05) is 25.1 Å². The van der Waals surface area contributed by atoms with Crippen molar-refractivity contribution in [2.45, 2.75) is 19.4 Å². The number of nitrogen functional groups attached to an aromatic ring is 1. The van der Waals surface area contributed by atoms with E-state index < -0.39 is 6.10 Å². The van der Waals surface area contributed by atoms with E-state index in [2.05, 4.69) is 0 Å². The van der Waals surface area contributed by atoms with E-state index in [0.717, 1.165) is 0 Å². The Bertz CT molecular complexity index is 317. The van der Waals surface area contributed by atoms with Gasteiger partial charge in [0.05, 0.1) is 5.69 Å². The monoisotopic (exact) mass is 176 g/mol. The number of nitrogens with zero attached hydrogens (tertiary/aromatic N) is 1. The van der Waals surface area contributed by atoms with Gasteiger partial charge in [0.25, 0.3) is 0 Å². The van der Waals surface area contributed by atoms with Crippen molar-refractivity contribution in [3.8, 4) is 11.8 Å². The zero-order valence-corrected chi connectivity index (χ0v) is 7.53. The molecule has 0 saturated heterocycles.